The molecule has 3 unspecified atom stereocenters. The zero-order chi connectivity index (χ0) is 15.9. The molecule has 22 heavy (non-hydrogen) atoms. The molecular weight excluding hydrogens is 364 g/mol. The van der Waals surface area contributed by atoms with Gasteiger partial charge in [-0.1, -0.05) is 15.9 Å². The molecule has 1 aromatic carbocycles. The first-order valence-electron chi connectivity index (χ1n) is 7.73. The molecule has 1 heterocycles. The normalized spacial score (nSPS) is 23.0. The summed E-state index contributed by atoms with van der Waals surface area (Å²) < 4.78 is 13.1. The molecule has 3 atom stereocenters. The molecule has 2 N–H and O–H groups in total. The topological polar surface area (TPSA) is 58.2 Å². The predicted octanol–water partition coefficient (Wildman–Crippen LogP) is 2.59. The van der Waals surface area contributed by atoms with Crippen molar-refractivity contribution < 1.29 is 9.00 Å². The van der Waals surface area contributed by atoms with Gasteiger partial charge in [-0.05, 0) is 57.0 Å². The molecular formula is C16H23BrN2O2S. The van der Waals surface area contributed by atoms with Gasteiger partial charge in [0.05, 0.1) is 10.8 Å². The molecule has 0 aromatic heterocycles. The average molecular weight is 387 g/mol. The number of hydrogen-bond acceptors (Lipinski definition) is 3. The molecule has 1 amide bonds. The summed E-state index contributed by atoms with van der Waals surface area (Å²) in [7, 11) is -1.03. The van der Waals surface area contributed by atoms with E-state index in [2.05, 4.69) is 33.5 Å². The summed E-state index contributed by atoms with van der Waals surface area (Å²) in [5, 5.41) is 6.45. The fourth-order valence-electron chi connectivity index (χ4n) is 2.59. The Labute approximate surface area is 143 Å². The molecule has 4 nitrogen and oxygen atoms in total. The first kappa shape index (κ1) is 17.6. The minimum Gasteiger partial charge on any atom is -0.352 e. The second kappa shape index (κ2) is 8.79. The number of nitrogens with one attached hydrogen (secondary N) is 2. The number of carbonyl (C=O) groups is 1. The predicted molar refractivity (Wildman–Crippen MR) is 93.3 cm³/mol. The Morgan fingerprint density at radius 3 is 2.82 bits per heavy atom. The van der Waals surface area contributed by atoms with Gasteiger partial charge in [-0.15, -0.1) is 0 Å². The lowest BCUT2D eigenvalue weighted by atomic mass is 10.00. The highest BCUT2D eigenvalue weighted by Gasteiger charge is 2.22. The zero-order valence-corrected chi connectivity index (χ0v) is 15.2. The van der Waals surface area contributed by atoms with Crippen LogP contribution >= 0.6 is 15.9 Å². The lowest BCUT2D eigenvalue weighted by molar-refractivity contribution is -0.122. The Morgan fingerprint density at radius 2 is 2.14 bits per heavy atom. The minimum atomic E-state index is -1.03. The van der Waals surface area contributed by atoms with Crippen LogP contribution in [0.25, 0.3) is 0 Å². The summed E-state index contributed by atoms with van der Waals surface area (Å²) in [6, 6.07) is 8.04. The Morgan fingerprint density at radius 1 is 1.41 bits per heavy atom. The average Bonchev–Trinajstić information content (AvgIpc) is 2.50. The van der Waals surface area contributed by atoms with Crippen LogP contribution in [0.3, 0.4) is 0 Å². The molecule has 1 aliphatic heterocycles. The van der Waals surface area contributed by atoms with E-state index in [1.165, 1.54) is 0 Å². The van der Waals surface area contributed by atoms with Crippen LogP contribution in [0.2, 0.25) is 0 Å². The van der Waals surface area contributed by atoms with Crippen molar-refractivity contribution in [2.75, 3.05) is 12.3 Å². The van der Waals surface area contributed by atoms with Crippen LogP contribution in [-0.4, -0.2) is 34.5 Å². The van der Waals surface area contributed by atoms with Gasteiger partial charge in [-0.2, -0.15) is 0 Å². The van der Waals surface area contributed by atoms with E-state index in [1.807, 2.05) is 24.3 Å². The van der Waals surface area contributed by atoms with Crippen molar-refractivity contribution in [1.29, 1.82) is 0 Å². The van der Waals surface area contributed by atoms with Gasteiger partial charge < -0.3 is 10.6 Å². The molecule has 122 valence electrons. The largest absolute Gasteiger partial charge is 0.352 e. The highest BCUT2D eigenvalue weighted by atomic mass is 79.9. The Hall–Kier alpha value is -0.720. The van der Waals surface area contributed by atoms with E-state index in [4.69, 9.17) is 0 Å². The van der Waals surface area contributed by atoms with Crippen molar-refractivity contribution in [2.24, 2.45) is 0 Å². The van der Waals surface area contributed by atoms with Crippen LogP contribution in [0.1, 0.15) is 32.6 Å². The van der Waals surface area contributed by atoms with Crippen molar-refractivity contribution in [3.63, 3.8) is 0 Å². The third-order valence-electron chi connectivity index (χ3n) is 3.92. The minimum absolute atomic E-state index is 0.0633. The maximum absolute atomic E-state index is 12.1. The van der Waals surface area contributed by atoms with Crippen molar-refractivity contribution in [3.05, 3.63) is 28.7 Å². The standard InChI is InChI=1S/C16H23BrN2O2S/c1-12-15(4-2-10-18-12)19-16(20)5-3-11-22(21)14-8-6-13(17)7-9-14/h6-9,12,15,18H,2-5,10-11H2,1H3,(H,19,20). The van der Waals surface area contributed by atoms with Crippen LogP contribution in [-0.2, 0) is 15.6 Å². The fraction of sp³-hybridized carbons (Fsp3) is 0.562. The maximum atomic E-state index is 12.1. The third kappa shape index (κ3) is 5.48. The zero-order valence-electron chi connectivity index (χ0n) is 12.8. The highest BCUT2D eigenvalue weighted by molar-refractivity contribution is 9.10. The molecule has 0 saturated carbocycles. The van der Waals surface area contributed by atoms with Gasteiger partial charge >= 0.3 is 0 Å². The van der Waals surface area contributed by atoms with Crippen molar-refractivity contribution in [1.82, 2.24) is 10.6 Å². The van der Waals surface area contributed by atoms with E-state index >= 15 is 0 Å². The van der Waals surface area contributed by atoms with E-state index in [0.29, 0.717) is 24.6 Å². The fourth-order valence-corrected chi connectivity index (χ4v) is 3.93. The van der Waals surface area contributed by atoms with Crippen molar-refractivity contribution >= 4 is 32.6 Å². The molecule has 1 saturated heterocycles. The molecule has 2 rings (SSSR count). The summed E-state index contributed by atoms with van der Waals surface area (Å²) in [6.45, 7) is 3.13. The number of amides is 1. The number of rotatable bonds is 6. The second-order valence-corrected chi connectivity index (χ2v) is 8.15. The van der Waals surface area contributed by atoms with Gasteiger partial charge in [-0.3, -0.25) is 9.00 Å². The van der Waals surface area contributed by atoms with Gasteiger partial charge in [0.15, 0.2) is 0 Å². The van der Waals surface area contributed by atoms with Gasteiger partial charge in [-0.25, -0.2) is 0 Å². The number of piperidine rings is 1. The van der Waals surface area contributed by atoms with Crippen LogP contribution in [0.4, 0.5) is 0 Å². The Kier molecular flexibility index (Phi) is 7.05. The van der Waals surface area contributed by atoms with Gasteiger partial charge in [0.1, 0.15) is 0 Å². The van der Waals surface area contributed by atoms with Crippen LogP contribution in [0, 0.1) is 0 Å². The van der Waals surface area contributed by atoms with Gasteiger partial charge in [0, 0.05) is 33.6 Å². The maximum Gasteiger partial charge on any atom is 0.220 e. The van der Waals surface area contributed by atoms with Gasteiger partial charge in [0.25, 0.3) is 0 Å². The molecule has 0 spiro atoms. The Bertz CT molecular complexity index is 521. The summed E-state index contributed by atoms with van der Waals surface area (Å²) in [6.07, 6.45) is 3.21. The second-order valence-electron chi connectivity index (χ2n) is 5.67. The highest BCUT2D eigenvalue weighted by Crippen LogP contribution is 2.14. The van der Waals surface area contributed by atoms with E-state index < -0.39 is 10.8 Å². The summed E-state index contributed by atoms with van der Waals surface area (Å²) in [4.78, 5) is 12.8. The first-order valence-corrected chi connectivity index (χ1v) is 9.84. The van der Waals surface area contributed by atoms with Crippen LogP contribution in [0.15, 0.2) is 33.6 Å². The molecule has 1 aromatic rings. The van der Waals surface area contributed by atoms with E-state index in [-0.39, 0.29) is 11.9 Å². The molecule has 0 radical (unpaired) electrons. The van der Waals surface area contributed by atoms with Crippen molar-refractivity contribution in [2.45, 2.75) is 49.6 Å². The number of halogens is 1. The summed E-state index contributed by atoms with van der Waals surface area (Å²) in [5.41, 5.74) is 0. The number of benzene rings is 1. The van der Waals surface area contributed by atoms with E-state index in [1.54, 1.807) is 0 Å². The third-order valence-corrected chi connectivity index (χ3v) is 5.90. The van der Waals surface area contributed by atoms with E-state index in [0.717, 1.165) is 28.8 Å². The quantitative estimate of drug-likeness (QED) is 0.789. The van der Waals surface area contributed by atoms with Crippen molar-refractivity contribution in [3.8, 4) is 0 Å². The first-order chi connectivity index (χ1) is 10.6. The molecule has 0 bridgehead atoms. The molecule has 0 aliphatic carbocycles. The summed E-state index contributed by atoms with van der Waals surface area (Å²) in [5.74, 6) is 0.585. The monoisotopic (exact) mass is 386 g/mol. The van der Waals surface area contributed by atoms with Crippen LogP contribution < -0.4 is 10.6 Å². The molecule has 1 aliphatic rings. The summed E-state index contributed by atoms with van der Waals surface area (Å²) >= 11 is 3.36. The lowest BCUT2D eigenvalue weighted by Gasteiger charge is -2.30. The van der Waals surface area contributed by atoms with E-state index in [9.17, 15) is 9.00 Å². The molecule has 1 fully saturated rings. The Balaban J connectivity index is 1.70. The SMILES string of the molecule is CC1NCCCC1NC(=O)CCCS(=O)c1ccc(Br)cc1. The number of hydrogen-bond donors (Lipinski definition) is 2. The molecule has 6 heteroatoms. The lowest BCUT2D eigenvalue weighted by Crippen LogP contribution is -2.51. The smallest absolute Gasteiger partial charge is 0.220 e. The van der Waals surface area contributed by atoms with Crippen LogP contribution in [0.5, 0.6) is 0 Å². The van der Waals surface area contributed by atoms with Gasteiger partial charge in [0.2, 0.25) is 5.91 Å². The number of carbonyl (C=O) groups excluding carboxylic acids is 1.